The molecule has 2 rings (SSSR count). The van der Waals surface area contributed by atoms with Crippen LogP contribution >= 0.6 is 0 Å². The number of hydrogen-bond acceptors (Lipinski definition) is 6. The SMILES string of the molecule is COC(=O)c1cc(OC)c2c(cnn2C(=O)OC(C)(C)C)c1. The average molecular weight is 306 g/mol. The third-order valence-electron chi connectivity index (χ3n) is 2.84. The number of methoxy groups -OCH3 is 2. The Balaban J connectivity index is 2.55. The van der Waals surface area contributed by atoms with Crippen molar-refractivity contribution in [1.29, 1.82) is 0 Å². The molecule has 0 saturated heterocycles. The summed E-state index contributed by atoms with van der Waals surface area (Å²) < 4.78 is 16.4. The van der Waals surface area contributed by atoms with E-state index in [1.54, 1.807) is 26.8 Å². The van der Waals surface area contributed by atoms with Crippen LogP contribution in [0.3, 0.4) is 0 Å². The minimum atomic E-state index is -0.644. The molecule has 0 bridgehead atoms. The fraction of sp³-hybridized carbons (Fsp3) is 0.400. The minimum absolute atomic E-state index is 0.315. The zero-order chi connectivity index (χ0) is 16.5. The van der Waals surface area contributed by atoms with Crippen LogP contribution in [0.25, 0.3) is 10.9 Å². The molecule has 0 unspecified atom stereocenters. The van der Waals surface area contributed by atoms with Crippen molar-refractivity contribution in [2.75, 3.05) is 14.2 Å². The Bertz CT molecular complexity index is 727. The van der Waals surface area contributed by atoms with Crippen molar-refractivity contribution in [3.63, 3.8) is 0 Å². The maximum Gasteiger partial charge on any atom is 0.435 e. The molecular weight excluding hydrogens is 288 g/mol. The van der Waals surface area contributed by atoms with Gasteiger partial charge in [0.05, 0.1) is 26.0 Å². The summed E-state index contributed by atoms with van der Waals surface area (Å²) in [5.41, 5.74) is 0.106. The quantitative estimate of drug-likeness (QED) is 0.793. The van der Waals surface area contributed by atoms with Crippen LogP contribution < -0.4 is 4.74 Å². The summed E-state index contributed by atoms with van der Waals surface area (Å²) in [5.74, 6) is -0.161. The highest BCUT2D eigenvalue weighted by molar-refractivity contribution is 5.99. The summed E-state index contributed by atoms with van der Waals surface area (Å²) in [6.45, 7) is 5.30. The van der Waals surface area contributed by atoms with E-state index >= 15 is 0 Å². The molecule has 1 aromatic heterocycles. The molecule has 0 amide bonds. The molecule has 1 heterocycles. The predicted molar refractivity (Wildman–Crippen MR) is 79.3 cm³/mol. The Labute approximate surface area is 127 Å². The summed E-state index contributed by atoms with van der Waals surface area (Å²) in [6, 6.07) is 3.08. The first-order valence-electron chi connectivity index (χ1n) is 6.64. The molecule has 0 saturated carbocycles. The van der Waals surface area contributed by atoms with Gasteiger partial charge in [0.25, 0.3) is 0 Å². The topological polar surface area (TPSA) is 79.7 Å². The maximum absolute atomic E-state index is 12.2. The van der Waals surface area contributed by atoms with Gasteiger partial charge in [0.2, 0.25) is 0 Å². The summed E-state index contributed by atoms with van der Waals surface area (Å²) in [4.78, 5) is 23.9. The summed E-state index contributed by atoms with van der Waals surface area (Å²) in [7, 11) is 2.74. The second-order valence-electron chi connectivity index (χ2n) is 5.64. The number of hydrogen-bond donors (Lipinski definition) is 0. The van der Waals surface area contributed by atoms with E-state index in [0.29, 0.717) is 22.2 Å². The van der Waals surface area contributed by atoms with E-state index in [4.69, 9.17) is 14.2 Å². The molecule has 0 spiro atoms. The maximum atomic E-state index is 12.2. The summed E-state index contributed by atoms with van der Waals surface area (Å²) >= 11 is 0. The number of nitrogens with zero attached hydrogens (tertiary/aromatic N) is 2. The van der Waals surface area contributed by atoms with Crippen LogP contribution in [0.5, 0.6) is 5.75 Å². The van der Waals surface area contributed by atoms with Crippen LogP contribution in [0.2, 0.25) is 0 Å². The zero-order valence-corrected chi connectivity index (χ0v) is 13.2. The molecular formula is C15H18N2O5. The van der Waals surface area contributed by atoms with Crippen LogP contribution in [0.15, 0.2) is 18.3 Å². The fourth-order valence-corrected chi connectivity index (χ4v) is 1.97. The van der Waals surface area contributed by atoms with Gasteiger partial charge in [0.1, 0.15) is 16.9 Å². The molecule has 118 valence electrons. The van der Waals surface area contributed by atoms with Crippen molar-refractivity contribution in [3.05, 3.63) is 23.9 Å². The van der Waals surface area contributed by atoms with Gasteiger partial charge in [0, 0.05) is 5.39 Å². The highest BCUT2D eigenvalue weighted by Crippen LogP contribution is 2.28. The van der Waals surface area contributed by atoms with Gasteiger partial charge in [-0.15, -0.1) is 0 Å². The predicted octanol–water partition coefficient (Wildman–Crippen LogP) is 2.61. The van der Waals surface area contributed by atoms with Crippen LogP contribution in [-0.2, 0) is 9.47 Å². The fourth-order valence-electron chi connectivity index (χ4n) is 1.97. The van der Waals surface area contributed by atoms with E-state index in [9.17, 15) is 9.59 Å². The number of carbonyl (C=O) groups is 2. The number of esters is 1. The number of fused-ring (bicyclic) bond motifs is 1. The Kier molecular flexibility index (Phi) is 4.07. The van der Waals surface area contributed by atoms with Gasteiger partial charge in [-0.05, 0) is 32.9 Å². The van der Waals surface area contributed by atoms with E-state index in [1.807, 2.05) is 0 Å². The molecule has 0 aliphatic rings. The monoisotopic (exact) mass is 306 g/mol. The molecule has 0 N–H and O–H groups in total. The van der Waals surface area contributed by atoms with Gasteiger partial charge in [-0.2, -0.15) is 9.78 Å². The highest BCUT2D eigenvalue weighted by Gasteiger charge is 2.23. The van der Waals surface area contributed by atoms with Gasteiger partial charge < -0.3 is 14.2 Å². The number of carbonyl (C=O) groups excluding carboxylic acids is 2. The Morgan fingerprint density at radius 3 is 2.41 bits per heavy atom. The molecule has 7 nitrogen and oxygen atoms in total. The van der Waals surface area contributed by atoms with Crippen LogP contribution in [0.4, 0.5) is 4.79 Å². The van der Waals surface area contributed by atoms with Crippen molar-refractivity contribution >= 4 is 23.0 Å². The van der Waals surface area contributed by atoms with E-state index < -0.39 is 17.7 Å². The standard InChI is InChI=1S/C15H18N2O5/c1-15(2,3)22-14(19)17-12-10(8-16-17)6-9(13(18)21-5)7-11(12)20-4/h6-8H,1-5H3. The summed E-state index contributed by atoms with van der Waals surface area (Å²) in [6.07, 6.45) is 0.848. The van der Waals surface area contributed by atoms with Gasteiger partial charge >= 0.3 is 12.1 Å². The molecule has 0 aliphatic heterocycles. The van der Waals surface area contributed by atoms with Crippen molar-refractivity contribution in [2.24, 2.45) is 0 Å². The lowest BCUT2D eigenvalue weighted by molar-refractivity contribution is 0.0521. The van der Waals surface area contributed by atoms with Crippen molar-refractivity contribution in [3.8, 4) is 5.75 Å². The molecule has 0 radical (unpaired) electrons. The Hall–Kier alpha value is -2.57. The third-order valence-corrected chi connectivity index (χ3v) is 2.84. The first kappa shape index (κ1) is 15.8. The highest BCUT2D eigenvalue weighted by atomic mass is 16.6. The van der Waals surface area contributed by atoms with Gasteiger partial charge in [0.15, 0.2) is 0 Å². The number of benzene rings is 1. The normalized spacial score (nSPS) is 11.3. The second-order valence-corrected chi connectivity index (χ2v) is 5.64. The first-order valence-corrected chi connectivity index (χ1v) is 6.64. The third kappa shape index (κ3) is 3.03. The number of ether oxygens (including phenoxy) is 3. The van der Waals surface area contributed by atoms with Crippen molar-refractivity contribution in [1.82, 2.24) is 9.78 Å². The van der Waals surface area contributed by atoms with E-state index in [-0.39, 0.29) is 0 Å². The van der Waals surface area contributed by atoms with Crippen molar-refractivity contribution in [2.45, 2.75) is 26.4 Å². The number of aromatic nitrogens is 2. The van der Waals surface area contributed by atoms with Gasteiger partial charge in [-0.25, -0.2) is 9.59 Å². The first-order chi connectivity index (χ1) is 10.3. The molecule has 0 fully saturated rings. The lowest BCUT2D eigenvalue weighted by Crippen LogP contribution is -2.27. The lowest BCUT2D eigenvalue weighted by Gasteiger charge is -2.19. The van der Waals surface area contributed by atoms with Gasteiger partial charge in [-0.1, -0.05) is 0 Å². The molecule has 7 heteroatoms. The molecule has 0 atom stereocenters. The minimum Gasteiger partial charge on any atom is -0.494 e. The zero-order valence-electron chi connectivity index (χ0n) is 13.2. The van der Waals surface area contributed by atoms with E-state index in [2.05, 4.69) is 5.10 Å². The van der Waals surface area contributed by atoms with Crippen LogP contribution in [0.1, 0.15) is 31.1 Å². The Morgan fingerprint density at radius 2 is 1.86 bits per heavy atom. The van der Waals surface area contributed by atoms with Gasteiger partial charge in [-0.3, -0.25) is 0 Å². The number of rotatable bonds is 2. The lowest BCUT2D eigenvalue weighted by atomic mass is 10.1. The molecule has 0 aliphatic carbocycles. The average Bonchev–Trinajstić information content (AvgIpc) is 2.87. The van der Waals surface area contributed by atoms with E-state index in [1.165, 1.54) is 26.5 Å². The summed E-state index contributed by atoms with van der Waals surface area (Å²) in [5, 5.41) is 4.60. The molecule has 1 aromatic carbocycles. The smallest absolute Gasteiger partial charge is 0.435 e. The Morgan fingerprint density at radius 1 is 1.18 bits per heavy atom. The largest absolute Gasteiger partial charge is 0.494 e. The van der Waals surface area contributed by atoms with E-state index in [0.717, 1.165) is 4.68 Å². The second kappa shape index (κ2) is 5.67. The van der Waals surface area contributed by atoms with Crippen LogP contribution in [-0.4, -0.2) is 41.7 Å². The molecule has 2 aromatic rings. The van der Waals surface area contributed by atoms with Crippen molar-refractivity contribution < 1.29 is 23.8 Å². The van der Waals surface area contributed by atoms with Crippen LogP contribution in [0, 0.1) is 0 Å². The molecule has 22 heavy (non-hydrogen) atoms.